The zero-order valence-electron chi connectivity index (χ0n) is 13.9. The number of nitrogens with one attached hydrogen (secondary N) is 1. The van der Waals surface area contributed by atoms with Crippen LogP contribution >= 0.6 is 0 Å². The van der Waals surface area contributed by atoms with Gasteiger partial charge < -0.3 is 0 Å². The van der Waals surface area contributed by atoms with E-state index in [1.807, 2.05) is 0 Å². The van der Waals surface area contributed by atoms with Gasteiger partial charge in [-0.15, -0.1) is 0 Å². The van der Waals surface area contributed by atoms with Crippen molar-refractivity contribution in [1.29, 1.82) is 0 Å². The molecule has 4 aromatic rings. The summed E-state index contributed by atoms with van der Waals surface area (Å²) in [5, 5.41) is 14.7. The summed E-state index contributed by atoms with van der Waals surface area (Å²) in [7, 11) is 0. The number of fused-ring (bicyclic) bond motifs is 2. The van der Waals surface area contributed by atoms with E-state index in [4.69, 9.17) is 5.10 Å². The molecule has 23 heavy (non-hydrogen) atoms. The number of rotatable bonds is 2. The summed E-state index contributed by atoms with van der Waals surface area (Å²) in [6.45, 7) is 9.19. The molecular weight excluding hydrogens is 284 g/mol. The van der Waals surface area contributed by atoms with Gasteiger partial charge in [-0.1, -0.05) is 17.7 Å². The molecule has 0 saturated heterocycles. The third-order valence-electron chi connectivity index (χ3n) is 4.64. The van der Waals surface area contributed by atoms with E-state index in [-0.39, 0.29) is 0 Å². The first-order chi connectivity index (χ1) is 11.0. The molecular formula is C19H20N4. The molecule has 1 N–H and O–H groups in total. The number of benzene rings is 2. The maximum atomic E-state index is 4.77. The Kier molecular flexibility index (Phi) is 3.01. The van der Waals surface area contributed by atoms with Crippen molar-refractivity contribution in [3.05, 3.63) is 58.4 Å². The van der Waals surface area contributed by atoms with Gasteiger partial charge in [0.1, 0.15) is 0 Å². The predicted molar refractivity (Wildman–Crippen MR) is 93.9 cm³/mol. The average molecular weight is 304 g/mol. The van der Waals surface area contributed by atoms with Crippen molar-refractivity contribution >= 4 is 21.8 Å². The van der Waals surface area contributed by atoms with Gasteiger partial charge >= 0.3 is 0 Å². The second-order valence-corrected chi connectivity index (χ2v) is 6.37. The smallest absolute Gasteiger partial charge is 0.0927 e. The molecule has 4 nitrogen and oxygen atoms in total. The molecule has 0 radical (unpaired) electrons. The highest BCUT2D eigenvalue weighted by Gasteiger charge is 2.13. The third-order valence-corrected chi connectivity index (χ3v) is 4.64. The Labute approximate surface area is 135 Å². The van der Waals surface area contributed by atoms with Crippen molar-refractivity contribution in [3.63, 3.8) is 0 Å². The fourth-order valence-corrected chi connectivity index (χ4v) is 3.38. The fraction of sp³-hybridized carbons (Fsp3) is 0.263. The van der Waals surface area contributed by atoms with Crippen LogP contribution < -0.4 is 0 Å². The molecule has 0 aliphatic carbocycles. The summed E-state index contributed by atoms with van der Waals surface area (Å²) < 4.78 is 2.11. The molecule has 0 fully saturated rings. The second kappa shape index (κ2) is 4.95. The van der Waals surface area contributed by atoms with Gasteiger partial charge in [0.2, 0.25) is 0 Å². The standard InChI is InChI=1S/C19H20N4/c1-11-5-8-18-15(9-11)13(3)22-23(18)10-16-12(2)6-7-17-19(16)14(4)20-21-17/h5-9H,10H2,1-4H3,(H,20,21). The third kappa shape index (κ3) is 2.13. The van der Waals surface area contributed by atoms with E-state index in [0.29, 0.717) is 0 Å². The topological polar surface area (TPSA) is 46.5 Å². The number of hydrogen-bond donors (Lipinski definition) is 1. The molecule has 4 rings (SSSR count). The van der Waals surface area contributed by atoms with Crippen molar-refractivity contribution in [1.82, 2.24) is 20.0 Å². The van der Waals surface area contributed by atoms with Crippen LogP contribution in [0.2, 0.25) is 0 Å². The van der Waals surface area contributed by atoms with Gasteiger partial charge in [0.15, 0.2) is 0 Å². The van der Waals surface area contributed by atoms with Crippen molar-refractivity contribution in [2.45, 2.75) is 34.2 Å². The molecule has 0 saturated carbocycles. The summed E-state index contributed by atoms with van der Waals surface area (Å²) >= 11 is 0. The minimum Gasteiger partial charge on any atom is -0.282 e. The van der Waals surface area contributed by atoms with E-state index in [0.717, 1.165) is 23.4 Å². The molecule has 0 aliphatic rings. The predicted octanol–water partition coefficient (Wildman–Crippen LogP) is 4.19. The van der Waals surface area contributed by atoms with Crippen LogP contribution in [0.15, 0.2) is 30.3 Å². The van der Waals surface area contributed by atoms with Gasteiger partial charge in [0.05, 0.1) is 23.3 Å². The average Bonchev–Trinajstić information content (AvgIpc) is 3.04. The van der Waals surface area contributed by atoms with Crippen LogP contribution in [-0.2, 0) is 6.54 Å². The van der Waals surface area contributed by atoms with Crippen molar-refractivity contribution in [3.8, 4) is 0 Å². The van der Waals surface area contributed by atoms with Crippen LogP contribution in [0, 0.1) is 27.7 Å². The van der Waals surface area contributed by atoms with Crippen LogP contribution in [0.5, 0.6) is 0 Å². The first kappa shape index (κ1) is 14.0. The fourth-order valence-electron chi connectivity index (χ4n) is 3.38. The molecule has 2 aromatic carbocycles. The lowest BCUT2D eigenvalue weighted by atomic mass is 10.0. The monoisotopic (exact) mass is 304 g/mol. The number of H-pyrrole nitrogens is 1. The number of aryl methyl sites for hydroxylation is 4. The van der Waals surface area contributed by atoms with E-state index >= 15 is 0 Å². The molecule has 0 bridgehead atoms. The quantitative estimate of drug-likeness (QED) is 0.603. The zero-order chi connectivity index (χ0) is 16.1. The Hall–Kier alpha value is -2.62. The molecule has 2 heterocycles. The first-order valence-corrected chi connectivity index (χ1v) is 7.91. The van der Waals surface area contributed by atoms with Crippen LogP contribution in [0.4, 0.5) is 0 Å². The van der Waals surface area contributed by atoms with Gasteiger partial charge in [-0.3, -0.25) is 9.78 Å². The zero-order valence-corrected chi connectivity index (χ0v) is 13.9. The van der Waals surface area contributed by atoms with Gasteiger partial charge in [0.25, 0.3) is 0 Å². The van der Waals surface area contributed by atoms with E-state index in [1.165, 1.54) is 33.0 Å². The van der Waals surface area contributed by atoms with Crippen molar-refractivity contribution < 1.29 is 0 Å². The van der Waals surface area contributed by atoms with Crippen LogP contribution in [0.25, 0.3) is 21.8 Å². The van der Waals surface area contributed by atoms with E-state index in [1.54, 1.807) is 0 Å². The molecule has 116 valence electrons. The maximum absolute atomic E-state index is 4.77. The number of nitrogens with zero attached hydrogens (tertiary/aromatic N) is 3. The van der Waals surface area contributed by atoms with Crippen LogP contribution in [-0.4, -0.2) is 20.0 Å². The largest absolute Gasteiger partial charge is 0.282 e. The highest BCUT2D eigenvalue weighted by molar-refractivity contribution is 5.87. The van der Waals surface area contributed by atoms with Crippen molar-refractivity contribution in [2.75, 3.05) is 0 Å². The van der Waals surface area contributed by atoms with E-state index in [9.17, 15) is 0 Å². The second-order valence-electron chi connectivity index (χ2n) is 6.37. The van der Waals surface area contributed by atoms with E-state index < -0.39 is 0 Å². The summed E-state index contributed by atoms with van der Waals surface area (Å²) in [4.78, 5) is 0. The van der Waals surface area contributed by atoms with Crippen LogP contribution in [0.1, 0.15) is 28.1 Å². The summed E-state index contributed by atoms with van der Waals surface area (Å²) in [5.41, 5.74) is 8.23. The first-order valence-electron chi connectivity index (χ1n) is 7.91. The van der Waals surface area contributed by atoms with Gasteiger partial charge in [-0.2, -0.15) is 10.2 Å². The normalized spacial score (nSPS) is 11.7. The Balaban J connectivity index is 1.92. The number of hydrogen-bond acceptors (Lipinski definition) is 2. The maximum Gasteiger partial charge on any atom is 0.0927 e. The lowest BCUT2D eigenvalue weighted by Crippen LogP contribution is -2.04. The number of aromatic amines is 1. The van der Waals surface area contributed by atoms with Crippen molar-refractivity contribution in [2.24, 2.45) is 0 Å². The lowest BCUT2D eigenvalue weighted by Gasteiger charge is -2.10. The van der Waals surface area contributed by atoms with E-state index in [2.05, 4.69) is 72.9 Å². The van der Waals surface area contributed by atoms with Gasteiger partial charge in [-0.25, -0.2) is 0 Å². The highest BCUT2D eigenvalue weighted by Crippen LogP contribution is 2.26. The minimum absolute atomic E-state index is 0.761. The lowest BCUT2D eigenvalue weighted by molar-refractivity contribution is 0.704. The molecule has 4 heteroatoms. The molecule has 0 aliphatic heterocycles. The van der Waals surface area contributed by atoms with Crippen LogP contribution in [0.3, 0.4) is 0 Å². The Bertz CT molecular complexity index is 1040. The molecule has 2 aromatic heterocycles. The Morgan fingerprint density at radius 2 is 1.87 bits per heavy atom. The summed E-state index contributed by atoms with van der Waals surface area (Å²) in [6.07, 6.45) is 0. The minimum atomic E-state index is 0.761. The Morgan fingerprint density at radius 3 is 2.70 bits per heavy atom. The van der Waals surface area contributed by atoms with Gasteiger partial charge in [-0.05, 0) is 57.0 Å². The summed E-state index contributed by atoms with van der Waals surface area (Å²) in [6, 6.07) is 10.7. The molecule has 0 spiro atoms. The number of aromatic nitrogens is 4. The highest BCUT2D eigenvalue weighted by atomic mass is 15.3. The SMILES string of the molecule is Cc1ccc2c(c1)c(C)nn2Cc1c(C)ccc2n[nH]c(C)c12. The molecule has 0 unspecified atom stereocenters. The molecule has 0 amide bonds. The summed E-state index contributed by atoms with van der Waals surface area (Å²) in [5.74, 6) is 0. The van der Waals surface area contributed by atoms with Gasteiger partial charge in [0, 0.05) is 16.5 Å². The molecule has 0 atom stereocenters. The Morgan fingerprint density at radius 1 is 1.04 bits per heavy atom.